The summed E-state index contributed by atoms with van der Waals surface area (Å²) >= 11 is 0. The zero-order chi connectivity index (χ0) is 17.8. The molecule has 6 heteroatoms. The van der Waals surface area contributed by atoms with E-state index in [1.807, 2.05) is 6.34 Å². The fourth-order valence-corrected chi connectivity index (χ4v) is 4.03. The maximum absolute atomic E-state index is 9.55. The first-order valence-corrected chi connectivity index (χ1v) is 8.52. The number of aliphatic imine (C=N–C) groups is 1. The van der Waals surface area contributed by atoms with E-state index in [1.165, 1.54) is 19.3 Å². The van der Waals surface area contributed by atoms with E-state index in [4.69, 9.17) is 10.2 Å². The molecule has 1 aromatic carbocycles. The van der Waals surface area contributed by atoms with Gasteiger partial charge in [0.05, 0.1) is 12.9 Å². The molecule has 1 fully saturated rings. The zero-order valence-electron chi connectivity index (χ0n) is 13.8. The maximum Gasteiger partial charge on any atom is 0.328 e. The molecule has 0 saturated heterocycles. The molecule has 4 rings (SSSR count). The van der Waals surface area contributed by atoms with Gasteiger partial charge in [-0.15, -0.1) is 0 Å². The average Bonchev–Trinajstić information content (AvgIpc) is 3.04. The van der Waals surface area contributed by atoms with Crippen molar-refractivity contribution >= 4 is 18.3 Å². The third-order valence-electron chi connectivity index (χ3n) is 5.15. The van der Waals surface area contributed by atoms with Gasteiger partial charge in [0.15, 0.2) is 0 Å². The zero-order valence-corrected chi connectivity index (χ0v) is 13.8. The van der Waals surface area contributed by atoms with E-state index in [-0.39, 0.29) is 0 Å². The molecule has 132 valence electrons. The van der Waals surface area contributed by atoms with E-state index in [2.05, 4.69) is 34.6 Å². The Morgan fingerprint density at radius 2 is 1.92 bits per heavy atom. The van der Waals surface area contributed by atoms with Gasteiger partial charge in [0.25, 0.3) is 0 Å². The summed E-state index contributed by atoms with van der Waals surface area (Å²) in [4.78, 5) is 23.4. The standard InChI is InChI=1S/C15H18N2.C4H4O4/c1-2-4-12-10(3-1)5-6-13-14(15(12)13)7-11-8-16-9-17-11;5-3(6)1-2-4(7)8/h1-4,9,11,13-15H,5-8H2,(H,16,17);1-2H,(H,5,6)(H,7,8)/b;2-1+/t11-,13+,14?,15+;/m1./s1. The first-order chi connectivity index (χ1) is 12.1. The monoisotopic (exact) mass is 342 g/mol. The summed E-state index contributed by atoms with van der Waals surface area (Å²) in [6.45, 7) is 0.984. The van der Waals surface area contributed by atoms with Crippen molar-refractivity contribution in [2.75, 3.05) is 6.54 Å². The van der Waals surface area contributed by atoms with E-state index in [9.17, 15) is 9.59 Å². The normalized spacial score (nSPS) is 28.3. The lowest BCUT2D eigenvalue weighted by molar-refractivity contribution is -0.134. The SMILES string of the molecule is C1=NC[C@@H](CC2[C@H]3c4ccccc4CC[C@@H]23)N1.O=C(O)/C=C/C(=O)O. The van der Waals surface area contributed by atoms with Crippen LogP contribution in [0, 0.1) is 11.8 Å². The summed E-state index contributed by atoms with van der Waals surface area (Å²) in [6, 6.07) is 9.66. The van der Waals surface area contributed by atoms with Crippen LogP contribution in [-0.2, 0) is 16.0 Å². The molecule has 1 heterocycles. The molecule has 6 nitrogen and oxygen atoms in total. The van der Waals surface area contributed by atoms with Crippen molar-refractivity contribution in [3.8, 4) is 0 Å². The molecule has 1 aromatic rings. The summed E-state index contributed by atoms with van der Waals surface area (Å²) < 4.78 is 0. The van der Waals surface area contributed by atoms with Gasteiger partial charge in [0.1, 0.15) is 0 Å². The summed E-state index contributed by atoms with van der Waals surface area (Å²) in [7, 11) is 0. The smallest absolute Gasteiger partial charge is 0.328 e. The van der Waals surface area contributed by atoms with E-state index in [1.54, 1.807) is 11.1 Å². The number of carbonyl (C=O) groups is 2. The Morgan fingerprint density at radius 3 is 2.56 bits per heavy atom. The second kappa shape index (κ2) is 7.51. The van der Waals surface area contributed by atoms with Crippen molar-refractivity contribution in [3.05, 3.63) is 47.5 Å². The highest BCUT2D eigenvalue weighted by Crippen LogP contribution is 2.61. The lowest BCUT2D eigenvalue weighted by atomic mass is 9.92. The number of nitrogens with zero attached hydrogens (tertiary/aromatic N) is 1. The Kier molecular flexibility index (Phi) is 5.16. The van der Waals surface area contributed by atoms with E-state index >= 15 is 0 Å². The number of aliphatic carboxylic acids is 2. The molecule has 25 heavy (non-hydrogen) atoms. The van der Waals surface area contributed by atoms with Gasteiger partial charge < -0.3 is 15.5 Å². The molecule has 4 atom stereocenters. The van der Waals surface area contributed by atoms with Crippen LogP contribution in [-0.4, -0.2) is 41.1 Å². The molecule has 2 aliphatic carbocycles. The van der Waals surface area contributed by atoms with Crippen molar-refractivity contribution < 1.29 is 19.8 Å². The third-order valence-corrected chi connectivity index (χ3v) is 5.15. The van der Waals surface area contributed by atoms with E-state index in [0.717, 1.165) is 24.3 Å². The first kappa shape index (κ1) is 17.2. The molecule has 1 unspecified atom stereocenters. The van der Waals surface area contributed by atoms with Crippen LogP contribution in [0.15, 0.2) is 41.4 Å². The molecule has 0 aromatic heterocycles. The van der Waals surface area contributed by atoms with Gasteiger partial charge in [-0.2, -0.15) is 0 Å². The molecule has 1 saturated carbocycles. The molecule has 0 spiro atoms. The van der Waals surface area contributed by atoms with Gasteiger partial charge in [-0.05, 0) is 48.1 Å². The molecular formula is C19H22N2O4. The summed E-state index contributed by atoms with van der Waals surface area (Å²) in [5.41, 5.74) is 3.25. The number of hydrogen-bond acceptors (Lipinski definition) is 4. The minimum atomic E-state index is -1.26. The minimum Gasteiger partial charge on any atom is -0.478 e. The Labute approximate surface area is 146 Å². The maximum atomic E-state index is 9.55. The van der Waals surface area contributed by atoms with Crippen LogP contribution in [0.25, 0.3) is 0 Å². The Hall–Kier alpha value is -2.63. The summed E-state index contributed by atoms with van der Waals surface area (Å²) in [5, 5.41) is 19.0. The summed E-state index contributed by atoms with van der Waals surface area (Å²) in [5.74, 6) is 0.229. The molecule has 1 aliphatic heterocycles. The predicted molar refractivity (Wildman–Crippen MR) is 93.8 cm³/mol. The van der Waals surface area contributed by atoms with Crippen LogP contribution in [0.2, 0.25) is 0 Å². The number of fused-ring (bicyclic) bond motifs is 3. The molecule has 3 aliphatic rings. The number of benzene rings is 1. The Morgan fingerprint density at radius 1 is 1.20 bits per heavy atom. The molecular weight excluding hydrogens is 320 g/mol. The first-order valence-electron chi connectivity index (χ1n) is 8.52. The third kappa shape index (κ3) is 4.26. The Bertz CT molecular complexity index is 689. The second-order valence-corrected chi connectivity index (χ2v) is 6.69. The highest BCUT2D eigenvalue weighted by molar-refractivity contribution is 5.89. The van der Waals surface area contributed by atoms with Gasteiger partial charge in [-0.3, -0.25) is 4.99 Å². The summed E-state index contributed by atoms with van der Waals surface area (Å²) in [6.07, 6.45) is 7.00. The molecule has 3 N–H and O–H groups in total. The molecule has 0 amide bonds. The number of aryl methyl sites for hydroxylation is 1. The van der Waals surface area contributed by atoms with Crippen LogP contribution in [0.4, 0.5) is 0 Å². The number of carboxylic acids is 2. The Balaban J connectivity index is 0.000000197. The topological polar surface area (TPSA) is 99.0 Å². The van der Waals surface area contributed by atoms with Gasteiger partial charge in [0.2, 0.25) is 0 Å². The predicted octanol–water partition coefficient (Wildman–Crippen LogP) is 2.06. The quantitative estimate of drug-likeness (QED) is 0.728. The highest BCUT2D eigenvalue weighted by Gasteiger charge is 2.53. The number of carboxylic acid groups (broad SMARTS) is 2. The second-order valence-electron chi connectivity index (χ2n) is 6.69. The van der Waals surface area contributed by atoms with Crippen LogP contribution in [0.1, 0.15) is 29.9 Å². The number of rotatable bonds is 4. The lowest BCUT2D eigenvalue weighted by Gasteiger charge is -2.13. The largest absolute Gasteiger partial charge is 0.478 e. The van der Waals surface area contributed by atoms with Crippen LogP contribution < -0.4 is 5.32 Å². The fraction of sp³-hybridized carbons (Fsp3) is 0.421. The van der Waals surface area contributed by atoms with Crippen LogP contribution in [0.5, 0.6) is 0 Å². The number of hydrogen-bond donors (Lipinski definition) is 3. The fourth-order valence-electron chi connectivity index (χ4n) is 4.03. The van der Waals surface area contributed by atoms with Gasteiger partial charge in [-0.25, -0.2) is 9.59 Å². The van der Waals surface area contributed by atoms with Crippen LogP contribution >= 0.6 is 0 Å². The van der Waals surface area contributed by atoms with Crippen molar-refractivity contribution in [3.63, 3.8) is 0 Å². The minimum absolute atomic E-state index is 0.558. The van der Waals surface area contributed by atoms with Gasteiger partial charge >= 0.3 is 11.9 Å². The molecule has 0 radical (unpaired) electrons. The van der Waals surface area contributed by atoms with E-state index in [0.29, 0.717) is 18.2 Å². The average molecular weight is 342 g/mol. The van der Waals surface area contributed by atoms with Crippen molar-refractivity contribution in [2.24, 2.45) is 16.8 Å². The highest BCUT2D eigenvalue weighted by atomic mass is 16.4. The van der Waals surface area contributed by atoms with Gasteiger partial charge in [0, 0.05) is 18.2 Å². The van der Waals surface area contributed by atoms with E-state index < -0.39 is 11.9 Å². The van der Waals surface area contributed by atoms with Gasteiger partial charge in [-0.1, -0.05) is 24.3 Å². The van der Waals surface area contributed by atoms with Crippen LogP contribution in [0.3, 0.4) is 0 Å². The van der Waals surface area contributed by atoms with Crippen molar-refractivity contribution in [1.29, 1.82) is 0 Å². The van der Waals surface area contributed by atoms with Crippen molar-refractivity contribution in [1.82, 2.24) is 5.32 Å². The lowest BCUT2D eigenvalue weighted by Crippen LogP contribution is -2.25. The molecule has 0 bridgehead atoms. The van der Waals surface area contributed by atoms with Crippen molar-refractivity contribution in [2.45, 2.75) is 31.2 Å². The number of nitrogens with one attached hydrogen (secondary N) is 1.